The number of ether oxygens (including phenoxy) is 1. The molecule has 2 aliphatic heterocycles. The van der Waals surface area contributed by atoms with E-state index in [4.69, 9.17) is 4.74 Å². The van der Waals surface area contributed by atoms with Gasteiger partial charge in [-0.3, -0.25) is 14.5 Å². The van der Waals surface area contributed by atoms with Crippen LogP contribution >= 0.6 is 0 Å². The minimum Gasteiger partial charge on any atom is -0.379 e. The SMILES string of the molecule is O=C(NCCCN1CCOCC1)C1=NN(c2ccccc2)C(=O)CC1. The summed E-state index contributed by atoms with van der Waals surface area (Å²) in [5, 5.41) is 8.50. The standard InChI is InChI=1S/C18H24N4O3/c23-17-8-7-16(20-22(17)15-5-2-1-3-6-15)18(24)19-9-4-10-21-11-13-25-14-12-21/h1-3,5-6H,4,7-14H2,(H,19,24). The second kappa shape index (κ2) is 8.73. The number of hydrazone groups is 1. The molecule has 7 heteroatoms. The molecule has 1 saturated heterocycles. The number of hydrogen-bond donors (Lipinski definition) is 1. The number of para-hydroxylation sites is 1. The molecule has 134 valence electrons. The van der Waals surface area contributed by atoms with E-state index < -0.39 is 0 Å². The van der Waals surface area contributed by atoms with E-state index in [1.807, 2.05) is 30.3 Å². The summed E-state index contributed by atoms with van der Waals surface area (Å²) in [6, 6.07) is 9.19. The summed E-state index contributed by atoms with van der Waals surface area (Å²) < 4.78 is 5.32. The molecule has 0 saturated carbocycles. The van der Waals surface area contributed by atoms with Gasteiger partial charge < -0.3 is 10.1 Å². The predicted octanol–water partition coefficient (Wildman–Crippen LogP) is 1.01. The normalized spacial score (nSPS) is 18.8. The minimum absolute atomic E-state index is 0.0879. The molecule has 0 radical (unpaired) electrons. The lowest BCUT2D eigenvalue weighted by Crippen LogP contribution is -2.41. The van der Waals surface area contributed by atoms with Crippen molar-refractivity contribution >= 4 is 23.2 Å². The number of morpholine rings is 1. The third kappa shape index (κ3) is 4.87. The number of anilines is 1. The molecule has 2 aliphatic rings. The first-order valence-electron chi connectivity index (χ1n) is 8.78. The molecular formula is C18H24N4O3. The molecule has 2 amide bonds. The van der Waals surface area contributed by atoms with Gasteiger partial charge in [0.15, 0.2) is 0 Å². The summed E-state index contributed by atoms with van der Waals surface area (Å²) in [6.45, 7) is 5.03. The Morgan fingerprint density at radius 2 is 1.92 bits per heavy atom. The van der Waals surface area contributed by atoms with E-state index in [9.17, 15) is 9.59 Å². The maximum absolute atomic E-state index is 12.3. The van der Waals surface area contributed by atoms with Gasteiger partial charge in [0.05, 0.1) is 18.9 Å². The van der Waals surface area contributed by atoms with Gasteiger partial charge >= 0.3 is 0 Å². The molecule has 7 nitrogen and oxygen atoms in total. The second-order valence-electron chi connectivity index (χ2n) is 6.15. The first kappa shape index (κ1) is 17.6. The molecule has 3 rings (SSSR count). The molecule has 0 atom stereocenters. The molecule has 0 bridgehead atoms. The average Bonchev–Trinajstić information content (AvgIpc) is 2.67. The van der Waals surface area contributed by atoms with Gasteiger partial charge in [-0.25, -0.2) is 5.01 Å². The predicted molar refractivity (Wildman–Crippen MR) is 95.5 cm³/mol. The lowest BCUT2D eigenvalue weighted by molar-refractivity contribution is -0.118. The van der Waals surface area contributed by atoms with Crippen molar-refractivity contribution in [1.29, 1.82) is 0 Å². The van der Waals surface area contributed by atoms with Crippen molar-refractivity contribution in [3.8, 4) is 0 Å². The average molecular weight is 344 g/mol. The Labute approximate surface area is 147 Å². The van der Waals surface area contributed by atoms with Crippen molar-refractivity contribution in [3.63, 3.8) is 0 Å². The molecule has 1 aromatic carbocycles. The van der Waals surface area contributed by atoms with Crippen LogP contribution in [0.15, 0.2) is 35.4 Å². The Balaban J connectivity index is 1.50. The van der Waals surface area contributed by atoms with Crippen LogP contribution in [-0.4, -0.2) is 61.8 Å². The lowest BCUT2D eigenvalue weighted by Gasteiger charge is -2.26. The molecule has 1 N–H and O–H groups in total. The summed E-state index contributed by atoms with van der Waals surface area (Å²) in [7, 11) is 0. The van der Waals surface area contributed by atoms with Crippen molar-refractivity contribution in [2.45, 2.75) is 19.3 Å². The van der Waals surface area contributed by atoms with Crippen molar-refractivity contribution in [3.05, 3.63) is 30.3 Å². The van der Waals surface area contributed by atoms with Gasteiger partial charge in [-0.2, -0.15) is 5.10 Å². The van der Waals surface area contributed by atoms with Crippen LogP contribution in [0, 0.1) is 0 Å². The first-order chi connectivity index (χ1) is 12.2. The van der Waals surface area contributed by atoms with Gasteiger partial charge in [-0.15, -0.1) is 0 Å². The van der Waals surface area contributed by atoms with Gasteiger partial charge in [0.1, 0.15) is 5.71 Å². The third-order valence-corrected chi connectivity index (χ3v) is 4.34. The largest absolute Gasteiger partial charge is 0.379 e. The fourth-order valence-corrected chi connectivity index (χ4v) is 2.92. The first-order valence-corrected chi connectivity index (χ1v) is 8.78. The Kier molecular flexibility index (Phi) is 6.14. The lowest BCUT2D eigenvalue weighted by atomic mass is 10.1. The highest BCUT2D eigenvalue weighted by Gasteiger charge is 2.25. The number of amides is 2. The highest BCUT2D eigenvalue weighted by Crippen LogP contribution is 2.19. The van der Waals surface area contributed by atoms with E-state index in [0.717, 1.165) is 39.3 Å². The molecule has 25 heavy (non-hydrogen) atoms. The van der Waals surface area contributed by atoms with Crippen LogP contribution in [0.5, 0.6) is 0 Å². The smallest absolute Gasteiger partial charge is 0.267 e. The zero-order chi connectivity index (χ0) is 17.5. The van der Waals surface area contributed by atoms with Gasteiger partial charge in [0.25, 0.3) is 5.91 Å². The van der Waals surface area contributed by atoms with Gasteiger partial charge in [0.2, 0.25) is 5.91 Å². The molecular weight excluding hydrogens is 320 g/mol. The molecule has 0 aromatic heterocycles. The maximum atomic E-state index is 12.3. The van der Waals surface area contributed by atoms with Gasteiger partial charge in [0, 0.05) is 32.5 Å². The number of carbonyl (C=O) groups is 2. The monoisotopic (exact) mass is 344 g/mol. The highest BCUT2D eigenvalue weighted by molar-refractivity contribution is 6.40. The molecule has 1 aromatic rings. The van der Waals surface area contributed by atoms with E-state index in [2.05, 4.69) is 15.3 Å². The van der Waals surface area contributed by atoms with Crippen LogP contribution in [0.25, 0.3) is 0 Å². The van der Waals surface area contributed by atoms with Crippen molar-refractivity contribution in [2.75, 3.05) is 44.4 Å². The van der Waals surface area contributed by atoms with Crippen molar-refractivity contribution < 1.29 is 14.3 Å². The van der Waals surface area contributed by atoms with Crippen LogP contribution in [0.2, 0.25) is 0 Å². The van der Waals surface area contributed by atoms with E-state index in [1.165, 1.54) is 5.01 Å². The van der Waals surface area contributed by atoms with E-state index >= 15 is 0 Å². The fourth-order valence-electron chi connectivity index (χ4n) is 2.92. The van der Waals surface area contributed by atoms with E-state index in [1.54, 1.807) is 0 Å². The summed E-state index contributed by atoms with van der Waals surface area (Å²) in [4.78, 5) is 26.7. The number of rotatable bonds is 6. The summed E-state index contributed by atoms with van der Waals surface area (Å²) >= 11 is 0. The fraction of sp³-hybridized carbons (Fsp3) is 0.500. The highest BCUT2D eigenvalue weighted by atomic mass is 16.5. The second-order valence-corrected chi connectivity index (χ2v) is 6.15. The van der Waals surface area contributed by atoms with Crippen LogP contribution in [-0.2, 0) is 14.3 Å². The molecule has 0 spiro atoms. The van der Waals surface area contributed by atoms with E-state index in [0.29, 0.717) is 30.8 Å². The zero-order valence-corrected chi connectivity index (χ0v) is 14.3. The summed E-state index contributed by atoms with van der Waals surface area (Å²) in [5.41, 5.74) is 1.10. The number of hydrogen-bond acceptors (Lipinski definition) is 5. The molecule has 0 unspecified atom stereocenters. The van der Waals surface area contributed by atoms with E-state index in [-0.39, 0.29) is 11.8 Å². The summed E-state index contributed by atoms with van der Waals surface area (Å²) in [6.07, 6.45) is 1.58. The summed E-state index contributed by atoms with van der Waals surface area (Å²) in [5.74, 6) is -0.273. The van der Waals surface area contributed by atoms with Gasteiger partial charge in [-0.05, 0) is 25.1 Å². The molecule has 0 aliphatic carbocycles. The van der Waals surface area contributed by atoms with Crippen LogP contribution in [0.1, 0.15) is 19.3 Å². The topological polar surface area (TPSA) is 74.2 Å². The number of carbonyl (C=O) groups excluding carboxylic acids is 2. The third-order valence-electron chi connectivity index (χ3n) is 4.34. The Bertz CT molecular complexity index is 626. The maximum Gasteiger partial charge on any atom is 0.267 e. The van der Waals surface area contributed by atoms with Crippen LogP contribution in [0.3, 0.4) is 0 Å². The van der Waals surface area contributed by atoms with Crippen molar-refractivity contribution in [2.24, 2.45) is 5.10 Å². The van der Waals surface area contributed by atoms with Crippen molar-refractivity contribution in [1.82, 2.24) is 10.2 Å². The Morgan fingerprint density at radius 1 is 1.16 bits per heavy atom. The number of nitrogens with zero attached hydrogens (tertiary/aromatic N) is 3. The van der Waals surface area contributed by atoms with Crippen LogP contribution < -0.4 is 10.3 Å². The van der Waals surface area contributed by atoms with Gasteiger partial charge in [-0.1, -0.05) is 18.2 Å². The number of benzene rings is 1. The Morgan fingerprint density at radius 3 is 2.68 bits per heavy atom. The minimum atomic E-state index is -0.185. The quantitative estimate of drug-likeness (QED) is 0.782. The number of nitrogens with one attached hydrogen (secondary N) is 1. The molecule has 2 heterocycles. The zero-order valence-electron chi connectivity index (χ0n) is 14.3. The van der Waals surface area contributed by atoms with Crippen LogP contribution in [0.4, 0.5) is 5.69 Å². The molecule has 1 fully saturated rings. The Hall–Kier alpha value is -2.25.